The molecule has 0 spiro atoms. The van der Waals surface area contributed by atoms with Gasteiger partial charge in [0.05, 0.1) is 4.47 Å². The van der Waals surface area contributed by atoms with E-state index >= 15 is 0 Å². The molecule has 5 heteroatoms. The van der Waals surface area contributed by atoms with Gasteiger partial charge in [0.25, 0.3) is 0 Å². The quantitative estimate of drug-likeness (QED) is 0.741. The third-order valence-corrected chi connectivity index (χ3v) is 2.40. The van der Waals surface area contributed by atoms with E-state index < -0.39 is 6.61 Å². The molecule has 0 saturated carbocycles. The van der Waals surface area contributed by atoms with Crippen molar-refractivity contribution in [3.63, 3.8) is 0 Å². The Kier molecular flexibility index (Phi) is 3.70. The van der Waals surface area contributed by atoms with Gasteiger partial charge in [0.2, 0.25) is 0 Å². The second-order valence-corrected chi connectivity index (χ2v) is 4.05. The molecular weight excluding hydrogens is 345 g/mol. The number of benzene rings is 1. The van der Waals surface area contributed by atoms with Crippen molar-refractivity contribution in [2.45, 2.75) is 6.61 Å². The predicted molar refractivity (Wildman–Crippen MR) is 53.5 cm³/mol. The third kappa shape index (κ3) is 2.85. The van der Waals surface area contributed by atoms with Gasteiger partial charge < -0.3 is 4.74 Å². The highest BCUT2D eigenvalue weighted by atomic mass is 127. The van der Waals surface area contributed by atoms with Crippen LogP contribution in [-0.4, -0.2) is 6.61 Å². The van der Waals surface area contributed by atoms with Crippen molar-refractivity contribution >= 4 is 38.5 Å². The first kappa shape index (κ1) is 10.2. The van der Waals surface area contributed by atoms with E-state index in [1.807, 2.05) is 0 Å². The van der Waals surface area contributed by atoms with Crippen molar-refractivity contribution in [2.24, 2.45) is 0 Å². The predicted octanol–water partition coefficient (Wildman–Crippen LogP) is 3.66. The van der Waals surface area contributed by atoms with E-state index in [2.05, 4.69) is 43.3 Å². The molecule has 1 nitrogen and oxygen atoms in total. The Labute approximate surface area is 90.4 Å². The minimum atomic E-state index is -2.78. The second kappa shape index (κ2) is 4.36. The SMILES string of the molecule is FC(F)Oc1ccc(I)cc1Br. The summed E-state index contributed by atoms with van der Waals surface area (Å²) in [6.45, 7) is -2.78. The normalized spacial score (nSPS) is 10.4. The highest BCUT2D eigenvalue weighted by molar-refractivity contribution is 14.1. The van der Waals surface area contributed by atoms with Gasteiger partial charge in [0, 0.05) is 3.57 Å². The molecule has 0 N–H and O–H groups in total. The summed E-state index contributed by atoms with van der Waals surface area (Å²) < 4.78 is 29.2. The smallest absolute Gasteiger partial charge is 0.387 e. The van der Waals surface area contributed by atoms with Crippen LogP contribution in [0, 0.1) is 3.57 Å². The van der Waals surface area contributed by atoms with Crippen LogP contribution < -0.4 is 4.74 Å². The third-order valence-electron chi connectivity index (χ3n) is 1.11. The lowest BCUT2D eigenvalue weighted by Crippen LogP contribution is -2.02. The highest BCUT2D eigenvalue weighted by Crippen LogP contribution is 2.27. The fraction of sp³-hybridized carbons (Fsp3) is 0.143. The molecule has 12 heavy (non-hydrogen) atoms. The molecule has 0 unspecified atom stereocenters. The molecular formula is C7H4BrF2IO. The average Bonchev–Trinajstić information content (AvgIpc) is 1.94. The van der Waals surface area contributed by atoms with Crippen LogP contribution in [0.2, 0.25) is 0 Å². The van der Waals surface area contributed by atoms with Crippen LogP contribution >= 0.6 is 38.5 Å². The molecule has 0 fully saturated rings. The minimum absolute atomic E-state index is 0.158. The van der Waals surface area contributed by atoms with Gasteiger partial charge in [-0.15, -0.1) is 0 Å². The van der Waals surface area contributed by atoms with Crippen LogP contribution in [-0.2, 0) is 0 Å². The Hall–Kier alpha value is 0.0900. The molecule has 0 radical (unpaired) electrons. The molecule has 0 bridgehead atoms. The Morgan fingerprint density at radius 1 is 1.42 bits per heavy atom. The van der Waals surface area contributed by atoms with Gasteiger partial charge in [-0.1, -0.05) is 0 Å². The van der Waals surface area contributed by atoms with Crippen LogP contribution in [0.4, 0.5) is 8.78 Å². The van der Waals surface area contributed by atoms with E-state index in [1.165, 1.54) is 6.07 Å². The van der Waals surface area contributed by atoms with E-state index in [1.54, 1.807) is 12.1 Å². The summed E-state index contributed by atoms with van der Waals surface area (Å²) in [5.41, 5.74) is 0. The highest BCUT2D eigenvalue weighted by Gasteiger charge is 2.07. The minimum Gasteiger partial charge on any atom is -0.434 e. The number of hydrogen-bond donors (Lipinski definition) is 0. The van der Waals surface area contributed by atoms with Gasteiger partial charge in [-0.25, -0.2) is 0 Å². The van der Waals surface area contributed by atoms with E-state index in [0.717, 1.165) is 3.57 Å². The molecule has 0 amide bonds. The maximum Gasteiger partial charge on any atom is 0.387 e. The summed E-state index contributed by atoms with van der Waals surface area (Å²) >= 11 is 5.20. The monoisotopic (exact) mass is 348 g/mol. The van der Waals surface area contributed by atoms with Crippen molar-refractivity contribution in [2.75, 3.05) is 0 Å². The number of ether oxygens (including phenoxy) is 1. The fourth-order valence-electron chi connectivity index (χ4n) is 0.667. The summed E-state index contributed by atoms with van der Waals surface area (Å²) in [5, 5.41) is 0. The van der Waals surface area contributed by atoms with E-state index in [0.29, 0.717) is 4.47 Å². The van der Waals surface area contributed by atoms with Gasteiger partial charge in [-0.2, -0.15) is 8.78 Å². The Morgan fingerprint density at radius 2 is 2.08 bits per heavy atom. The summed E-state index contributed by atoms with van der Waals surface area (Å²) in [5.74, 6) is 0.158. The van der Waals surface area contributed by atoms with Gasteiger partial charge in [0.1, 0.15) is 5.75 Å². The lowest BCUT2D eigenvalue weighted by Gasteiger charge is -2.05. The molecule has 1 rings (SSSR count). The molecule has 1 aromatic rings. The van der Waals surface area contributed by atoms with Crippen LogP contribution in [0.25, 0.3) is 0 Å². The van der Waals surface area contributed by atoms with Crippen LogP contribution in [0.5, 0.6) is 5.75 Å². The topological polar surface area (TPSA) is 9.23 Å². The zero-order valence-electron chi connectivity index (χ0n) is 5.73. The van der Waals surface area contributed by atoms with Crippen molar-refractivity contribution < 1.29 is 13.5 Å². The molecule has 0 atom stereocenters. The average molecular weight is 349 g/mol. The van der Waals surface area contributed by atoms with E-state index in [4.69, 9.17) is 0 Å². The zero-order chi connectivity index (χ0) is 9.14. The molecule has 0 aliphatic carbocycles. The lowest BCUT2D eigenvalue weighted by molar-refractivity contribution is -0.0503. The lowest BCUT2D eigenvalue weighted by atomic mass is 10.3. The van der Waals surface area contributed by atoms with Crippen molar-refractivity contribution in [1.29, 1.82) is 0 Å². The first-order valence-electron chi connectivity index (χ1n) is 2.99. The van der Waals surface area contributed by atoms with Crippen molar-refractivity contribution in [3.8, 4) is 5.75 Å². The fourth-order valence-corrected chi connectivity index (χ4v) is 2.06. The van der Waals surface area contributed by atoms with Gasteiger partial charge in [0.15, 0.2) is 0 Å². The Bertz CT molecular complexity index is 280. The Morgan fingerprint density at radius 3 is 2.58 bits per heavy atom. The second-order valence-electron chi connectivity index (χ2n) is 1.95. The number of hydrogen-bond acceptors (Lipinski definition) is 1. The summed E-state index contributed by atoms with van der Waals surface area (Å²) in [4.78, 5) is 0. The summed E-state index contributed by atoms with van der Waals surface area (Å²) in [6, 6.07) is 4.90. The molecule has 0 saturated heterocycles. The molecule has 1 aromatic carbocycles. The van der Waals surface area contributed by atoms with E-state index in [9.17, 15) is 8.78 Å². The van der Waals surface area contributed by atoms with Crippen molar-refractivity contribution in [3.05, 3.63) is 26.2 Å². The molecule has 0 heterocycles. The zero-order valence-corrected chi connectivity index (χ0v) is 9.47. The van der Waals surface area contributed by atoms with Gasteiger partial charge >= 0.3 is 6.61 Å². The van der Waals surface area contributed by atoms with Crippen LogP contribution in [0.15, 0.2) is 22.7 Å². The summed E-state index contributed by atoms with van der Waals surface area (Å²) in [6.07, 6.45) is 0. The molecule has 0 aliphatic heterocycles. The first-order chi connectivity index (χ1) is 5.59. The maximum atomic E-state index is 11.8. The van der Waals surface area contributed by atoms with Gasteiger partial charge in [-0.05, 0) is 56.7 Å². The first-order valence-corrected chi connectivity index (χ1v) is 4.86. The molecule has 66 valence electrons. The largest absolute Gasteiger partial charge is 0.434 e. The molecule has 0 aromatic heterocycles. The maximum absolute atomic E-state index is 11.8. The Balaban J connectivity index is 2.86. The van der Waals surface area contributed by atoms with Crippen LogP contribution in [0.3, 0.4) is 0 Å². The van der Waals surface area contributed by atoms with Gasteiger partial charge in [-0.3, -0.25) is 0 Å². The number of rotatable bonds is 2. The standard InChI is InChI=1S/C7H4BrF2IO/c8-5-3-4(11)1-2-6(5)12-7(9)10/h1-3,7H. The summed E-state index contributed by atoms with van der Waals surface area (Å²) in [7, 11) is 0. The number of alkyl halides is 2. The van der Waals surface area contributed by atoms with E-state index in [-0.39, 0.29) is 5.75 Å². The van der Waals surface area contributed by atoms with Crippen LogP contribution in [0.1, 0.15) is 0 Å². The number of halogens is 4. The molecule has 0 aliphatic rings. The van der Waals surface area contributed by atoms with Crippen molar-refractivity contribution in [1.82, 2.24) is 0 Å².